The van der Waals surface area contributed by atoms with Gasteiger partial charge in [-0.25, -0.2) is 0 Å². The molecule has 88 valence electrons. The Morgan fingerprint density at radius 1 is 0.933 bits per heavy atom. The van der Waals surface area contributed by atoms with E-state index in [0.29, 0.717) is 13.2 Å². The minimum absolute atomic E-state index is 0.0530. The molecule has 2 rings (SSSR count). The van der Waals surface area contributed by atoms with E-state index in [2.05, 4.69) is 25.3 Å². The summed E-state index contributed by atoms with van der Waals surface area (Å²) >= 11 is 8.32. The van der Waals surface area contributed by atoms with Crippen LogP contribution in [0.1, 0.15) is 12.8 Å². The standard InChI is InChI=1S/C8H16BO4S2/c14-3-1-7-5-10-9(12-7)11-6-8(13-9)2-4-15/h7-8,14-15H,1-6H2/q-1. The molecule has 2 unspecified atom stereocenters. The third kappa shape index (κ3) is 2.84. The Labute approximate surface area is 101 Å². The number of thiol groups is 2. The molecule has 2 aliphatic rings. The van der Waals surface area contributed by atoms with Crippen molar-refractivity contribution in [1.29, 1.82) is 0 Å². The molecular weight excluding hydrogens is 235 g/mol. The summed E-state index contributed by atoms with van der Waals surface area (Å²) < 4.78 is 22.3. The van der Waals surface area contributed by atoms with Gasteiger partial charge in [0.25, 0.3) is 0 Å². The minimum Gasteiger partial charge on any atom is -0.517 e. The van der Waals surface area contributed by atoms with Crippen molar-refractivity contribution in [2.45, 2.75) is 25.0 Å². The first-order chi connectivity index (χ1) is 7.28. The molecule has 0 radical (unpaired) electrons. The molecule has 0 aromatic carbocycles. The van der Waals surface area contributed by atoms with Crippen molar-refractivity contribution < 1.29 is 18.6 Å². The molecule has 4 nitrogen and oxygen atoms in total. The Bertz CT molecular complexity index is 197. The second kappa shape index (κ2) is 5.29. The smallest absolute Gasteiger partial charge is 0.517 e. The summed E-state index contributed by atoms with van der Waals surface area (Å²) in [6, 6.07) is 0. The maximum atomic E-state index is 5.65. The lowest BCUT2D eigenvalue weighted by molar-refractivity contribution is 0.0765. The van der Waals surface area contributed by atoms with E-state index < -0.39 is 6.96 Å². The summed E-state index contributed by atoms with van der Waals surface area (Å²) in [5.41, 5.74) is 0. The first kappa shape index (κ1) is 12.1. The quantitative estimate of drug-likeness (QED) is 0.575. The van der Waals surface area contributed by atoms with Gasteiger partial charge in [-0.1, -0.05) is 0 Å². The van der Waals surface area contributed by atoms with Crippen LogP contribution in [0.2, 0.25) is 0 Å². The van der Waals surface area contributed by atoms with Crippen LogP contribution >= 0.6 is 25.3 Å². The molecule has 15 heavy (non-hydrogen) atoms. The van der Waals surface area contributed by atoms with Crippen molar-refractivity contribution in [3.8, 4) is 0 Å². The van der Waals surface area contributed by atoms with Crippen LogP contribution < -0.4 is 0 Å². The Balaban J connectivity index is 1.83. The predicted molar refractivity (Wildman–Crippen MR) is 64.3 cm³/mol. The van der Waals surface area contributed by atoms with Crippen molar-refractivity contribution >= 4 is 32.2 Å². The minimum atomic E-state index is -1.91. The highest BCUT2D eigenvalue weighted by Crippen LogP contribution is 2.30. The number of hydrogen-bond acceptors (Lipinski definition) is 6. The maximum absolute atomic E-state index is 5.65. The molecule has 2 atom stereocenters. The fourth-order valence-corrected chi connectivity index (χ4v) is 2.40. The Hall–Kier alpha value is 0.605. The molecule has 0 N–H and O–H groups in total. The summed E-state index contributed by atoms with van der Waals surface area (Å²) in [5.74, 6) is 1.56. The largest absolute Gasteiger partial charge is 0.531 e. The fourth-order valence-electron chi connectivity index (χ4n) is 1.83. The Kier molecular flexibility index (Phi) is 4.26. The SMILES string of the molecule is SCCC1CO[B-]2(OCC(CCS)O2)O1. The first-order valence-electron chi connectivity index (χ1n) is 5.26. The highest BCUT2D eigenvalue weighted by molar-refractivity contribution is 7.80. The molecule has 0 aromatic rings. The van der Waals surface area contributed by atoms with Gasteiger partial charge in [0.1, 0.15) is 0 Å². The van der Waals surface area contributed by atoms with Gasteiger partial charge >= 0.3 is 6.96 Å². The fraction of sp³-hybridized carbons (Fsp3) is 1.00. The summed E-state index contributed by atoms with van der Waals surface area (Å²) in [5, 5.41) is 0. The van der Waals surface area contributed by atoms with Gasteiger partial charge < -0.3 is 18.6 Å². The second-order valence-corrected chi connectivity index (χ2v) is 4.68. The van der Waals surface area contributed by atoms with E-state index in [1.807, 2.05) is 0 Å². The zero-order chi connectivity index (χ0) is 10.7. The van der Waals surface area contributed by atoms with Crippen LogP contribution in [0.5, 0.6) is 0 Å². The Morgan fingerprint density at radius 3 is 1.80 bits per heavy atom. The lowest BCUT2D eigenvalue weighted by Gasteiger charge is -2.28. The van der Waals surface area contributed by atoms with Gasteiger partial charge in [0.05, 0.1) is 0 Å². The molecule has 2 saturated heterocycles. The topological polar surface area (TPSA) is 36.9 Å². The van der Waals surface area contributed by atoms with Crippen molar-refractivity contribution in [3.63, 3.8) is 0 Å². The van der Waals surface area contributed by atoms with Crippen LogP contribution in [0.15, 0.2) is 0 Å². The molecular formula is C8H16BO4S2-. The van der Waals surface area contributed by atoms with Crippen molar-refractivity contribution in [2.24, 2.45) is 0 Å². The molecule has 2 aliphatic heterocycles. The Morgan fingerprint density at radius 2 is 1.40 bits per heavy atom. The van der Waals surface area contributed by atoms with Crippen LogP contribution in [-0.2, 0) is 18.6 Å². The molecule has 7 heteroatoms. The second-order valence-electron chi connectivity index (χ2n) is 3.78. The zero-order valence-electron chi connectivity index (χ0n) is 8.50. The van der Waals surface area contributed by atoms with Crippen molar-refractivity contribution in [3.05, 3.63) is 0 Å². The highest BCUT2D eigenvalue weighted by Gasteiger charge is 2.46. The average molecular weight is 251 g/mol. The van der Waals surface area contributed by atoms with Crippen LogP contribution in [0.3, 0.4) is 0 Å². The summed E-state index contributed by atoms with van der Waals surface area (Å²) in [4.78, 5) is 0. The van der Waals surface area contributed by atoms with E-state index in [1.165, 1.54) is 0 Å². The van der Waals surface area contributed by atoms with Gasteiger partial charge in [-0.15, -0.1) is 0 Å². The summed E-state index contributed by atoms with van der Waals surface area (Å²) in [6.45, 7) is -0.839. The van der Waals surface area contributed by atoms with E-state index in [-0.39, 0.29) is 12.2 Å². The number of rotatable bonds is 4. The predicted octanol–water partition coefficient (Wildman–Crippen LogP) is 0.893. The van der Waals surface area contributed by atoms with Gasteiger partial charge in [0.15, 0.2) is 0 Å². The van der Waals surface area contributed by atoms with Gasteiger partial charge in [-0.05, 0) is 24.3 Å². The molecule has 0 bridgehead atoms. The molecule has 2 fully saturated rings. The van der Waals surface area contributed by atoms with Crippen LogP contribution in [0.4, 0.5) is 0 Å². The van der Waals surface area contributed by atoms with Gasteiger partial charge in [0.2, 0.25) is 0 Å². The van der Waals surface area contributed by atoms with E-state index in [9.17, 15) is 0 Å². The normalized spacial score (nSPS) is 40.4. The van der Waals surface area contributed by atoms with E-state index in [0.717, 1.165) is 24.3 Å². The molecule has 0 saturated carbocycles. The third-order valence-electron chi connectivity index (χ3n) is 2.59. The van der Waals surface area contributed by atoms with E-state index >= 15 is 0 Å². The summed E-state index contributed by atoms with van der Waals surface area (Å²) in [6.07, 6.45) is 1.82. The molecule has 0 amide bonds. The van der Waals surface area contributed by atoms with Crippen LogP contribution in [0.25, 0.3) is 0 Å². The molecule has 1 spiro atoms. The van der Waals surface area contributed by atoms with Crippen molar-refractivity contribution in [2.75, 3.05) is 24.7 Å². The van der Waals surface area contributed by atoms with E-state index in [4.69, 9.17) is 18.6 Å². The monoisotopic (exact) mass is 251 g/mol. The highest BCUT2D eigenvalue weighted by atomic mass is 32.1. The summed E-state index contributed by atoms with van der Waals surface area (Å²) in [7, 11) is 0. The van der Waals surface area contributed by atoms with Gasteiger partial charge in [0, 0.05) is 25.4 Å². The molecule has 0 aliphatic carbocycles. The van der Waals surface area contributed by atoms with Gasteiger partial charge in [-0.2, -0.15) is 25.3 Å². The third-order valence-corrected chi connectivity index (χ3v) is 3.11. The maximum Gasteiger partial charge on any atom is 0.531 e. The average Bonchev–Trinajstić information content (AvgIpc) is 2.77. The van der Waals surface area contributed by atoms with E-state index in [1.54, 1.807) is 0 Å². The van der Waals surface area contributed by atoms with Gasteiger partial charge in [-0.3, -0.25) is 0 Å². The molecule has 0 aromatic heterocycles. The van der Waals surface area contributed by atoms with Crippen LogP contribution in [0, 0.1) is 0 Å². The molecule has 2 heterocycles. The van der Waals surface area contributed by atoms with Crippen LogP contribution in [-0.4, -0.2) is 43.9 Å². The lowest BCUT2D eigenvalue weighted by atomic mass is 10.1. The number of hydrogen-bond donors (Lipinski definition) is 2. The van der Waals surface area contributed by atoms with Crippen molar-refractivity contribution in [1.82, 2.24) is 0 Å². The first-order valence-corrected chi connectivity index (χ1v) is 6.52. The zero-order valence-corrected chi connectivity index (χ0v) is 10.3. The lowest BCUT2D eigenvalue weighted by Crippen LogP contribution is -2.40.